The highest BCUT2D eigenvalue weighted by atomic mass is 16.5. The van der Waals surface area contributed by atoms with E-state index in [1.165, 1.54) is 0 Å². The van der Waals surface area contributed by atoms with Gasteiger partial charge in [0.2, 0.25) is 0 Å². The van der Waals surface area contributed by atoms with Crippen LogP contribution in [0.4, 0.5) is 0 Å². The highest BCUT2D eigenvalue weighted by Gasteiger charge is 2.11. The fourth-order valence-corrected chi connectivity index (χ4v) is 1.88. The van der Waals surface area contributed by atoms with Crippen LogP contribution in [0.15, 0.2) is 60.4 Å². The van der Waals surface area contributed by atoms with Crippen LogP contribution in [0.5, 0.6) is 0 Å². The Labute approximate surface area is 118 Å². The molecule has 0 amide bonds. The Morgan fingerprint density at radius 1 is 1.15 bits per heavy atom. The first-order valence-corrected chi connectivity index (χ1v) is 6.61. The second-order valence-corrected chi connectivity index (χ2v) is 4.33. The zero-order valence-electron chi connectivity index (χ0n) is 11.5. The molecule has 0 atom stereocenters. The molecule has 0 saturated carbocycles. The largest absolute Gasteiger partial charge is 0.463 e. The van der Waals surface area contributed by atoms with Crippen LogP contribution >= 0.6 is 0 Å². The maximum absolute atomic E-state index is 12.0. The number of esters is 1. The summed E-state index contributed by atoms with van der Waals surface area (Å²) in [5, 5.41) is 0. The fourth-order valence-electron chi connectivity index (χ4n) is 1.88. The van der Waals surface area contributed by atoms with E-state index in [9.17, 15) is 4.79 Å². The predicted octanol–water partition coefficient (Wildman–Crippen LogP) is 3.27. The molecule has 0 radical (unpaired) electrons. The molecular weight excluding hydrogens is 250 g/mol. The van der Waals surface area contributed by atoms with E-state index in [1.54, 1.807) is 12.4 Å². The van der Waals surface area contributed by atoms with Crippen LogP contribution in [0.25, 0.3) is 6.08 Å². The molecule has 1 aromatic carbocycles. The van der Waals surface area contributed by atoms with Crippen LogP contribution in [0.1, 0.15) is 18.1 Å². The fraction of sp³-hybridized carbons (Fsp3) is 0.176. The Bertz CT molecular complexity index is 576. The Hall–Kier alpha value is -2.42. The van der Waals surface area contributed by atoms with Crippen molar-refractivity contribution < 1.29 is 9.53 Å². The van der Waals surface area contributed by atoms with Crippen molar-refractivity contribution in [2.24, 2.45) is 0 Å². The van der Waals surface area contributed by atoms with E-state index in [2.05, 4.69) is 4.98 Å². The molecule has 1 heterocycles. The standard InChI is InChI=1S/C17H17NO2/c1-2-20-17(19)16(12-14-6-4-3-5-7-14)13-15-8-10-18-11-9-15/h3-11,13H,2,12H2,1H3/b16-13-. The lowest BCUT2D eigenvalue weighted by Gasteiger charge is -2.07. The van der Waals surface area contributed by atoms with E-state index >= 15 is 0 Å². The number of benzene rings is 1. The van der Waals surface area contributed by atoms with Gasteiger partial charge >= 0.3 is 5.97 Å². The van der Waals surface area contributed by atoms with E-state index in [-0.39, 0.29) is 5.97 Å². The third-order valence-electron chi connectivity index (χ3n) is 2.82. The number of rotatable bonds is 5. The molecule has 2 aromatic rings. The molecule has 0 bridgehead atoms. The van der Waals surface area contributed by atoms with E-state index in [4.69, 9.17) is 4.74 Å². The van der Waals surface area contributed by atoms with Crippen LogP contribution in [0.3, 0.4) is 0 Å². The molecule has 0 saturated heterocycles. The highest BCUT2D eigenvalue weighted by molar-refractivity contribution is 5.94. The number of pyridine rings is 1. The Balaban J connectivity index is 2.25. The van der Waals surface area contributed by atoms with Crippen molar-refractivity contribution in [3.8, 4) is 0 Å². The number of nitrogens with zero attached hydrogens (tertiary/aromatic N) is 1. The summed E-state index contributed by atoms with van der Waals surface area (Å²) in [6, 6.07) is 13.6. The van der Waals surface area contributed by atoms with Gasteiger partial charge in [0.15, 0.2) is 0 Å². The number of aromatic nitrogens is 1. The molecule has 0 fully saturated rings. The smallest absolute Gasteiger partial charge is 0.334 e. The molecule has 102 valence electrons. The van der Waals surface area contributed by atoms with Gasteiger partial charge in [0.25, 0.3) is 0 Å². The highest BCUT2D eigenvalue weighted by Crippen LogP contribution is 2.14. The lowest BCUT2D eigenvalue weighted by Crippen LogP contribution is -2.09. The number of carbonyl (C=O) groups excluding carboxylic acids is 1. The van der Waals surface area contributed by atoms with Gasteiger partial charge < -0.3 is 4.74 Å². The van der Waals surface area contributed by atoms with Crippen molar-refractivity contribution in [2.75, 3.05) is 6.61 Å². The van der Waals surface area contributed by atoms with Crippen LogP contribution in [0, 0.1) is 0 Å². The topological polar surface area (TPSA) is 39.2 Å². The minimum Gasteiger partial charge on any atom is -0.463 e. The minimum absolute atomic E-state index is 0.270. The molecular formula is C17H17NO2. The number of hydrogen-bond acceptors (Lipinski definition) is 3. The first-order valence-electron chi connectivity index (χ1n) is 6.61. The van der Waals surface area contributed by atoms with Crippen LogP contribution in [-0.2, 0) is 16.0 Å². The molecule has 3 heteroatoms. The normalized spacial score (nSPS) is 11.2. The summed E-state index contributed by atoms with van der Waals surface area (Å²) >= 11 is 0. The molecule has 0 spiro atoms. The van der Waals surface area contributed by atoms with Crippen LogP contribution in [-0.4, -0.2) is 17.6 Å². The number of carbonyl (C=O) groups is 1. The van der Waals surface area contributed by atoms with Gasteiger partial charge in [-0.3, -0.25) is 4.98 Å². The Morgan fingerprint density at radius 2 is 1.85 bits per heavy atom. The average molecular weight is 267 g/mol. The molecule has 2 rings (SSSR count). The van der Waals surface area contributed by atoms with Gasteiger partial charge in [-0.1, -0.05) is 30.3 Å². The molecule has 0 aliphatic heterocycles. The summed E-state index contributed by atoms with van der Waals surface area (Å²) in [6.45, 7) is 2.19. The maximum Gasteiger partial charge on any atom is 0.334 e. The maximum atomic E-state index is 12.0. The van der Waals surface area contributed by atoms with Crippen molar-refractivity contribution >= 4 is 12.0 Å². The van der Waals surface area contributed by atoms with Gasteiger partial charge in [-0.05, 0) is 36.3 Å². The zero-order chi connectivity index (χ0) is 14.2. The average Bonchev–Trinajstić information content (AvgIpc) is 2.49. The van der Waals surface area contributed by atoms with Gasteiger partial charge in [-0.15, -0.1) is 0 Å². The van der Waals surface area contributed by atoms with Gasteiger partial charge in [0.1, 0.15) is 0 Å². The Morgan fingerprint density at radius 3 is 2.50 bits per heavy atom. The van der Waals surface area contributed by atoms with Crippen molar-refractivity contribution in [2.45, 2.75) is 13.3 Å². The predicted molar refractivity (Wildman–Crippen MR) is 79.0 cm³/mol. The van der Waals surface area contributed by atoms with Gasteiger partial charge in [-0.2, -0.15) is 0 Å². The van der Waals surface area contributed by atoms with E-state index in [0.717, 1.165) is 11.1 Å². The summed E-state index contributed by atoms with van der Waals surface area (Å²) in [6.07, 6.45) is 5.82. The molecule has 20 heavy (non-hydrogen) atoms. The van der Waals surface area contributed by atoms with Crippen LogP contribution < -0.4 is 0 Å². The van der Waals surface area contributed by atoms with Gasteiger partial charge in [0.05, 0.1) is 6.61 Å². The quantitative estimate of drug-likeness (QED) is 0.616. The van der Waals surface area contributed by atoms with E-state index in [0.29, 0.717) is 18.6 Å². The number of hydrogen-bond donors (Lipinski definition) is 0. The molecule has 0 aliphatic rings. The van der Waals surface area contributed by atoms with Crippen LogP contribution in [0.2, 0.25) is 0 Å². The molecule has 0 unspecified atom stereocenters. The van der Waals surface area contributed by atoms with Crippen molar-refractivity contribution in [1.82, 2.24) is 4.98 Å². The van der Waals surface area contributed by atoms with Crippen molar-refractivity contribution in [3.05, 3.63) is 71.6 Å². The summed E-state index contributed by atoms with van der Waals surface area (Å²) in [5.41, 5.74) is 2.67. The lowest BCUT2D eigenvalue weighted by atomic mass is 10.0. The summed E-state index contributed by atoms with van der Waals surface area (Å²) in [4.78, 5) is 16.0. The zero-order valence-corrected chi connectivity index (χ0v) is 11.5. The molecule has 0 N–H and O–H groups in total. The molecule has 1 aromatic heterocycles. The summed E-state index contributed by atoms with van der Waals surface area (Å²) < 4.78 is 5.13. The third-order valence-corrected chi connectivity index (χ3v) is 2.82. The van der Waals surface area contributed by atoms with Gasteiger partial charge in [0, 0.05) is 24.4 Å². The molecule has 0 aliphatic carbocycles. The lowest BCUT2D eigenvalue weighted by molar-refractivity contribution is -0.138. The molecule has 3 nitrogen and oxygen atoms in total. The van der Waals surface area contributed by atoms with E-state index < -0.39 is 0 Å². The summed E-state index contributed by atoms with van der Waals surface area (Å²) in [7, 11) is 0. The Kier molecular flexibility index (Phi) is 5.07. The number of ether oxygens (including phenoxy) is 1. The first-order chi connectivity index (χ1) is 9.79. The third kappa shape index (κ3) is 4.05. The van der Waals surface area contributed by atoms with E-state index in [1.807, 2.05) is 55.5 Å². The minimum atomic E-state index is -0.270. The second kappa shape index (κ2) is 7.24. The monoisotopic (exact) mass is 267 g/mol. The summed E-state index contributed by atoms with van der Waals surface area (Å²) in [5.74, 6) is -0.270. The van der Waals surface area contributed by atoms with Gasteiger partial charge in [-0.25, -0.2) is 4.79 Å². The second-order valence-electron chi connectivity index (χ2n) is 4.33. The van der Waals surface area contributed by atoms with Crippen molar-refractivity contribution in [3.63, 3.8) is 0 Å². The first kappa shape index (κ1) is 14.0. The van der Waals surface area contributed by atoms with Crippen molar-refractivity contribution in [1.29, 1.82) is 0 Å². The SMILES string of the molecule is CCOC(=O)/C(=C\c1ccncc1)Cc1ccccc1.